The third-order valence-electron chi connectivity index (χ3n) is 4.21. The Balaban J connectivity index is 1.96. The third-order valence-corrected chi connectivity index (χ3v) is 4.21. The van der Waals surface area contributed by atoms with E-state index in [9.17, 15) is 9.59 Å². The topological polar surface area (TPSA) is 74.2 Å². The first-order valence-electron chi connectivity index (χ1n) is 8.97. The van der Waals surface area contributed by atoms with Crippen LogP contribution in [0, 0.1) is 0 Å². The third kappa shape index (κ3) is 4.65. The van der Waals surface area contributed by atoms with Gasteiger partial charge in [-0.3, -0.25) is 4.79 Å². The summed E-state index contributed by atoms with van der Waals surface area (Å²) < 4.78 is 15.6. The Kier molecular flexibility index (Phi) is 6.22. The van der Waals surface area contributed by atoms with Gasteiger partial charge in [0.2, 0.25) is 5.90 Å². The van der Waals surface area contributed by atoms with Gasteiger partial charge in [-0.1, -0.05) is 30.3 Å². The van der Waals surface area contributed by atoms with E-state index < -0.39 is 11.9 Å². The van der Waals surface area contributed by atoms with Gasteiger partial charge in [-0.05, 0) is 36.8 Å². The monoisotopic (exact) mass is 379 g/mol. The molecule has 28 heavy (non-hydrogen) atoms. The number of aliphatic imine (C=N–C) groups is 1. The smallest absolute Gasteiger partial charge is 0.341 e. The number of cyclic esters (lactones) is 1. The van der Waals surface area contributed by atoms with Crippen molar-refractivity contribution in [1.82, 2.24) is 0 Å². The van der Waals surface area contributed by atoms with Crippen molar-refractivity contribution in [2.45, 2.75) is 19.8 Å². The molecule has 0 aliphatic carbocycles. The van der Waals surface area contributed by atoms with Crippen LogP contribution in [0.5, 0.6) is 5.75 Å². The van der Waals surface area contributed by atoms with Crippen LogP contribution in [0.4, 0.5) is 5.69 Å². The van der Waals surface area contributed by atoms with Gasteiger partial charge < -0.3 is 14.2 Å². The zero-order chi connectivity index (χ0) is 19.9. The van der Waals surface area contributed by atoms with Gasteiger partial charge in [0.25, 0.3) is 0 Å². The second-order valence-corrected chi connectivity index (χ2v) is 6.11. The van der Waals surface area contributed by atoms with Gasteiger partial charge in [0.05, 0.1) is 31.4 Å². The van der Waals surface area contributed by atoms with Crippen LogP contribution in [0.15, 0.2) is 70.7 Å². The van der Waals surface area contributed by atoms with E-state index in [0.29, 0.717) is 29.0 Å². The van der Waals surface area contributed by atoms with Crippen molar-refractivity contribution in [2.75, 3.05) is 13.7 Å². The van der Waals surface area contributed by atoms with Gasteiger partial charge in [-0.25, -0.2) is 9.79 Å². The molecule has 1 heterocycles. The van der Waals surface area contributed by atoms with Crippen LogP contribution < -0.4 is 4.74 Å². The van der Waals surface area contributed by atoms with Gasteiger partial charge in [0.1, 0.15) is 5.75 Å². The lowest BCUT2D eigenvalue weighted by Crippen LogP contribution is -2.10. The second-order valence-electron chi connectivity index (χ2n) is 6.11. The van der Waals surface area contributed by atoms with E-state index in [-0.39, 0.29) is 18.9 Å². The molecule has 0 N–H and O–H groups in total. The zero-order valence-electron chi connectivity index (χ0n) is 15.8. The highest BCUT2D eigenvalue weighted by atomic mass is 16.6. The van der Waals surface area contributed by atoms with Crippen LogP contribution >= 0.6 is 0 Å². The Labute approximate surface area is 163 Å². The van der Waals surface area contributed by atoms with Crippen molar-refractivity contribution in [3.05, 3.63) is 71.3 Å². The van der Waals surface area contributed by atoms with E-state index in [1.165, 1.54) is 0 Å². The molecule has 0 saturated carbocycles. The van der Waals surface area contributed by atoms with E-state index in [1.807, 2.05) is 30.3 Å². The fraction of sp³-hybridized carbons (Fsp3) is 0.227. The fourth-order valence-corrected chi connectivity index (χ4v) is 2.85. The van der Waals surface area contributed by atoms with Crippen molar-refractivity contribution in [1.29, 1.82) is 0 Å². The van der Waals surface area contributed by atoms with Gasteiger partial charge in [0, 0.05) is 12.0 Å². The van der Waals surface area contributed by atoms with Crippen LogP contribution in [0.3, 0.4) is 0 Å². The number of nitrogens with zero attached hydrogens (tertiary/aromatic N) is 1. The molecular weight excluding hydrogens is 358 g/mol. The van der Waals surface area contributed by atoms with Crippen LogP contribution in [0.1, 0.15) is 18.9 Å². The van der Waals surface area contributed by atoms with Crippen molar-refractivity contribution < 1.29 is 23.8 Å². The van der Waals surface area contributed by atoms with Gasteiger partial charge in [0.15, 0.2) is 0 Å². The largest absolute Gasteiger partial charge is 0.497 e. The van der Waals surface area contributed by atoms with E-state index >= 15 is 0 Å². The summed E-state index contributed by atoms with van der Waals surface area (Å²) in [6.45, 7) is 2.00. The predicted octanol–water partition coefficient (Wildman–Crippen LogP) is 3.77. The summed E-state index contributed by atoms with van der Waals surface area (Å²) in [6, 6.07) is 16.5. The maximum Gasteiger partial charge on any atom is 0.341 e. The molecule has 0 aromatic heterocycles. The number of esters is 2. The van der Waals surface area contributed by atoms with Gasteiger partial charge in [-0.15, -0.1) is 0 Å². The SMILES string of the molecule is CCOC(=O)CC1=C(Cc2ccccc2)C(=O)OC1=Nc1ccc(OC)cc1. The van der Waals surface area contributed by atoms with E-state index in [2.05, 4.69) is 4.99 Å². The second kappa shape index (κ2) is 8.99. The Morgan fingerprint density at radius 2 is 1.75 bits per heavy atom. The number of hydrogen-bond acceptors (Lipinski definition) is 6. The lowest BCUT2D eigenvalue weighted by atomic mass is 9.99. The highest BCUT2D eigenvalue weighted by molar-refractivity contribution is 6.16. The lowest BCUT2D eigenvalue weighted by Gasteiger charge is -2.06. The molecule has 0 radical (unpaired) electrons. The number of benzene rings is 2. The fourth-order valence-electron chi connectivity index (χ4n) is 2.85. The molecule has 1 aliphatic rings. The highest BCUT2D eigenvalue weighted by Gasteiger charge is 2.33. The van der Waals surface area contributed by atoms with Crippen molar-refractivity contribution >= 4 is 23.5 Å². The van der Waals surface area contributed by atoms with E-state index in [0.717, 1.165) is 5.56 Å². The summed E-state index contributed by atoms with van der Waals surface area (Å²) in [5.74, 6) is -0.0900. The van der Waals surface area contributed by atoms with Crippen LogP contribution in [-0.2, 0) is 25.5 Å². The Bertz CT molecular complexity index is 914. The van der Waals surface area contributed by atoms with Crippen LogP contribution in [0.2, 0.25) is 0 Å². The summed E-state index contributed by atoms with van der Waals surface area (Å²) in [5, 5.41) is 0. The Morgan fingerprint density at radius 3 is 2.39 bits per heavy atom. The summed E-state index contributed by atoms with van der Waals surface area (Å²) >= 11 is 0. The zero-order valence-corrected chi connectivity index (χ0v) is 15.8. The van der Waals surface area contributed by atoms with Gasteiger partial charge >= 0.3 is 11.9 Å². The number of ether oxygens (including phenoxy) is 3. The quantitative estimate of drug-likeness (QED) is 0.685. The minimum absolute atomic E-state index is 0.0727. The molecule has 1 aliphatic heterocycles. The van der Waals surface area contributed by atoms with Crippen molar-refractivity contribution in [2.24, 2.45) is 4.99 Å². The molecule has 0 fully saturated rings. The molecule has 3 rings (SSSR count). The maximum atomic E-state index is 12.5. The molecule has 0 amide bonds. The molecular formula is C22H21NO5. The highest BCUT2D eigenvalue weighted by Crippen LogP contribution is 2.28. The first-order chi connectivity index (χ1) is 13.6. The molecule has 0 atom stereocenters. The summed E-state index contributed by atoms with van der Waals surface area (Å²) in [4.78, 5) is 29.0. The molecule has 6 heteroatoms. The van der Waals surface area contributed by atoms with E-state index in [4.69, 9.17) is 14.2 Å². The lowest BCUT2D eigenvalue weighted by molar-refractivity contribution is -0.142. The molecule has 2 aromatic rings. The Morgan fingerprint density at radius 1 is 1.04 bits per heavy atom. The predicted molar refractivity (Wildman–Crippen MR) is 105 cm³/mol. The number of carbonyl (C=O) groups is 2. The minimum Gasteiger partial charge on any atom is -0.497 e. The number of methoxy groups -OCH3 is 1. The molecule has 6 nitrogen and oxygen atoms in total. The first-order valence-corrected chi connectivity index (χ1v) is 8.97. The summed E-state index contributed by atoms with van der Waals surface area (Å²) in [5.41, 5.74) is 2.42. The number of carbonyl (C=O) groups excluding carboxylic acids is 2. The van der Waals surface area contributed by atoms with Crippen molar-refractivity contribution in [3.63, 3.8) is 0 Å². The summed E-state index contributed by atoms with van der Waals surface area (Å²) in [6.07, 6.45) is 0.285. The molecule has 0 spiro atoms. The van der Waals surface area contributed by atoms with Crippen LogP contribution in [-0.4, -0.2) is 31.6 Å². The first kappa shape index (κ1) is 19.4. The average molecular weight is 379 g/mol. The Hall–Kier alpha value is -3.41. The average Bonchev–Trinajstić information content (AvgIpc) is 2.98. The molecule has 0 bridgehead atoms. The standard InChI is InChI=1S/C22H21NO5/c1-3-27-20(24)14-18-19(13-15-7-5-4-6-8-15)22(25)28-21(18)23-16-9-11-17(26-2)12-10-16/h4-12H,3,13-14H2,1-2H3. The molecule has 0 saturated heterocycles. The number of rotatable bonds is 7. The maximum absolute atomic E-state index is 12.5. The normalized spacial score (nSPS) is 14.9. The minimum atomic E-state index is -0.490. The molecule has 0 unspecified atom stereocenters. The van der Waals surface area contributed by atoms with E-state index in [1.54, 1.807) is 38.3 Å². The molecule has 2 aromatic carbocycles. The molecule has 144 valence electrons. The van der Waals surface area contributed by atoms with Gasteiger partial charge in [-0.2, -0.15) is 0 Å². The van der Waals surface area contributed by atoms with Crippen molar-refractivity contribution in [3.8, 4) is 5.75 Å². The number of hydrogen-bond donors (Lipinski definition) is 0. The summed E-state index contributed by atoms with van der Waals surface area (Å²) in [7, 11) is 1.58. The van der Waals surface area contributed by atoms with Crippen LogP contribution in [0.25, 0.3) is 0 Å².